The first kappa shape index (κ1) is 19.5. The summed E-state index contributed by atoms with van der Waals surface area (Å²) in [6.07, 6.45) is 1.54. The molecule has 0 amide bonds. The first-order chi connectivity index (χ1) is 11.6. The van der Waals surface area contributed by atoms with Gasteiger partial charge in [-0.25, -0.2) is 13.1 Å². The molecule has 0 fully saturated rings. The maximum Gasteiger partial charge on any atom is 0.290 e. The number of benzene rings is 2. The van der Waals surface area contributed by atoms with Gasteiger partial charge in [0.15, 0.2) is 4.90 Å². The molecule has 0 aromatic heterocycles. The molecule has 7 nitrogen and oxygen atoms in total. The van der Waals surface area contributed by atoms with Gasteiger partial charge in [0.25, 0.3) is 5.69 Å². The lowest BCUT2D eigenvalue weighted by molar-refractivity contribution is -0.387. The number of nitro groups is 1. The summed E-state index contributed by atoms with van der Waals surface area (Å²) in [7, 11) is -5.27. The Morgan fingerprint density at radius 3 is 2.32 bits per heavy atom. The van der Waals surface area contributed by atoms with Crippen LogP contribution in [-0.2, 0) is 20.8 Å². The van der Waals surface area contributed by atoms with Crippen molar-refractivity contribution in [3.63, 3.8) is 0 Å². The summed E-state index contributed by atoms with van der Waals surface area (Å²) in [4.78, 5) is 10.5. The van der Waals surface area contributed by atoms with E-state index in [1.165, 1.54) is 6.07 Å². The third kappa shape index (κ3) is 4.63. The molecule has 0 saturated carbocycles. The van der Waals surface area contributed by atoms with Crippen molar-refractivity contribution in [3.05, 3.63) is 63.2 Å². The first-order valence-corrected chi connectivity index (χ1v) is 10.4. The molecule has 2 rings (SSSR count). The van der Waals surface area contributed by atoms with Crippen molar-refractivity contribution < 1.29 is 17.6 Å². The molecule has 0 aliphatic heterocycles. The highest BCUT2D eigenvalue weighted by Gasteiger charge is 2.27. The minimum Gasteiger partial charge on any atom is -0.258 e. The fraction of sp³-hybridized carbons (Fsp3) is 0.200. The van der Waals surface area contributed by atoms with Gasteiger partial charge in [-0.05, 0) is 36.8 Å². The van der Waals surface area contributed by atoms with Gasteiger partial charge < -0.3 is 0 Å². The Morgan fingerprint density at radius 1 is 1.20 bits per heavy atom. The molecule has 0 bridgehead atoms. The lowest BCUT2D eigenvalue weighted by Gasteiger charge is -2.15. The van der Waals surface area contributed by atoms with Crippen LogP contribution in [0, 0.1) is 10.1 Å². The number of rotatable bonds is 6. The zero-order valence-corrected chi connectivity index (χ0v) is 15.7. The van der Waals surface area contributed by atoms with Crippen LogP contribution in [0.2, 0.25) is 5.02 Å². The third-order valence-corrected chi connectivity index (χ3v) is 6.21. The molecule has 2 aromatic rings. The van der Waals surface area contributed by atoms with Crippen LogP contribution >= 0.6 is 11.6 Å². The van der Waals surface area contributed by atoms with Crippen LogP contribution in [0.15, 0.2) is 52.3 Å². The fourth-order valence-corrected chi connectivity index (χ4v) is 4.24. The molecule has 25 heavy (non-hydrogen) atoms. The van der Waals surface area contributed by atoms with E-state index < -0.39 is 42.4 Å². The molecule has 134 valence electrons. The van der Waals surface area contributed by atoms with Crippen molar-refractivity contribution in [2.45, 2.75) is 22.8 Å². The second-order valence-corrected chi connectivity index (χ2v) is 8.73. The average Bonchev–Trinajstić information content (AvgIpc) is 2.54. The molecule has 2 aromatic carbocycles. The Balaban J connectivity index is 2.32. The van der Waals surface area contributed by atoms with Crippen molar-refractivity contribution in [1.29, 1.82) is 0 Å². The third-order valence-electron chi connectivity index (χ3n) is 3.45. The topological polar surface area (TPSA) is 106 Å². The molecule has 0 spiro atoms. The summed E-state index contributed by atoms with van der Waals surface area (Å²) in [6.45, 7) is 1.61. The minimum atomic E-state index is -4.14. The second kappa shape index (κ2) is 7.61. The van der Waals surface area contributed by atoms with E-state index in [0.29, 0.717) is 10.5 Å². The maximum atomic E-state index is 12.5. The average molecular weight is 403 g/mol. The summed E-state index contributed by atoms with van der Waals surface area (Å²) < 4.78 is 38.8. The molecule has 0 aliphatic rings. The van der Waals surface area contributed by atoms with Gasteiger partial charge in [-0.2, -0.15) is 0 Å². The van der Waals surface area contributed by atoms with Gasteiger partial charge in [0.1, 0.15) is 0 Å². The van der Waals surface area contributed by atoms with Gasteiger partial charge in [0.05, 0.1) is 4.92 Å². The van der Waals surface area contributed by atoms with E-state index >= 15 is 0 Å². The molecule has 1 N–H and O–H groups in total. The molecule has 0 heterocycles. The highest BCUT2D eigenvalue weighted by atomic mass is 35.5. The smallest absolute Gasteiger partial charge is 0.258 e. The van der Waals surface area contributed by atoms with E-state index in [0.717, 1.165) is 12.1 Å². The van der Waals surface area contributed by atoms with Crippen LogP contribution in [0.5, 0.6) is 0 Å². The highest BCUT2D eigenvalue weighted by Crippen LogP contribution is 2.28. The molecule has 10 heteroatoms. The Morgan fingerprint density at radius 2 is 1.80 bits per heavy atom. The van der Waals surface area contributed by atoms with Crippen molar-refractivity contribution in [2.75, 3.05) is 6.26 Å². The molecule has 0 aliphatic carbocycles. The highest BCUT2D eigenvalue weighted by molar-refractivity contribution is 7.89. The van der Waals surface area contributed by atoms with Crippen molar-refractivity contribution in [2.24, 2.45) is 0 Å². The largest absolute Gasteiger partial charge is 0.290 e. The van der Waals surface area contributed by atoms with E-state index in [9.17, 15) is 22.7 Å². The summed E-state index contributed by atoms with van der Waals surface area (Å²) >= 11 is 5.71. The van der Waals surface area contributed by atoms with Crippen molar-refractivity contribution >= 4 is 38.1 Å². The summed E-state index contributed by atoms with van der Waals surface area (Å²) in [5, 5.41) is 11.2. The maximum absolute atomic E-state index is 12.5. The number of nitro benzene ring substituents is 1. The van der Waals surface area contributed by atoms with E-state index in [4.69, 9.17) is 11.6 Å². The van der Waals surface area contributed by atoms with Crippen LogP contribution in [0.3, 0.4) is 0 Å². The first-order valence-electron chi connectivity index (χ1n) is 7.01. The Bertz CT molecular complexity index is 929. The van der Waals surface area contributed by atoms with Crippen LogP contribution < -0.4 is 4.72 Å². The number of hydrogen-bond acceptors (Lipinski definition) is 5. The summed E-state index contributed by atoms with van der Waals surface area (Å²) in [5.41, 5.74) is 0.0401. The zero-order valence-electron chi connectivity index (χ0n) is 13.3. The van der Waals surface area contributed by atoms with Crippen LogP contribution in [0.25, 0.3) is 0 Å². The number of hydrogen-bond donors (Lipinski definition) is 1. The summed E-state index contributed by atoms with van der Waals surface area (Å²) in [5.74, 6) is 0. The quantitative estimate of drug-likeness (QED) is 0.590. The van der Waals surface area contributed by atoms with Crippen molar-refractivity contribution in [3.8, 4) is 0 Å². The van der Waals surface area contributed by atoms with E-state index in [-0.39, 0.29) is 5.02 Å². The molecular formula is C15H15ClN2O5S2. The van der Waals surface area contributed by atoms with Gasteiger partial charge in [0.2, 0.25) is 10.0 Å². The zero-order chi connectivity index (χ0) is 18.8. The predicted octanol–water partition coefficient (Wildman–Crippen LogP) is 3.03. The normalized spacial score (nSPS) is 14.0. The van der Waals surface area contributed by atoms with E-state index in [1.807, 2.05) is 0 Å². The predicted molar refractivity (Wildman–Crippen MR) is 95.6 cm³/mol. The van der Waals surface area contributed by atoms with Gasteiger partial charge in [-0.1, -0.05) is 23.7 Å². The molecule has 2 atom stereocenters. The Kier molecular flexibility index (Phi) is 5.94. The number of halogens is 1. The minimum absolute atomic E-state index is 0.0712. The Hall–Kier alpha value is -1.81. The summed E-state index contributed by atoms with van der Waals surface area (Å²) in [6, 6.07) is 9.31. The lowest BCUT2D eigenvalue weighted by atomic mass is 10.1. The lowest BCUT2D eigenvalue weighted by Crippen LogP contribution is -2.27. The molecular weight excluding hydrogens is 388 g/mol. The molecule has 0 unspecified atom stereocenters. The van der Waals surface area contributed by atoms with E-state index in [2.05, 4.69) is 4.72 Å². The van der Waals surface area contributed by atoms with Gasteiger partial charge in [-0.15, -0.1) is 0 Å². The monoisotopic (exact) mass is 402 g/mol. The van der Waals surface area contributed by atoms with Crippen LogP contribution in [0.4, 0.5) is 5.69 Å². The van der Waals surface area contributed by atoms with Crippen molar-refractivity contribution in [1.82, 2.24) is 4.72 Å². The van der Waals surface area contributed by atoms with E-state index in [1.54, 1.807) is 37.4 Å². The van der Waals surface area contributed by atoms with Gasteiger partial charge >= 0.3 is 0 Å². The molecule has 0 saturated heterocycles. The fourth-order valence-electron chi connectivity index (χ4n) is 2.17. The number of nitrogens with one attached hydrogen (secondary N) is 1. The van der Waals surface area contributed by atoms with Crippen LogP contribution in [-0.4, -0.2) is 23.8 Å². The Labute approximate surface area is 152 Å². The van der Waals surface area contributed by atoms with Gasteiger partial charge in [-0.3, -0.25) is 14.3 Å². The van der Waals surface area contributed by atoms with Crippen LogP contribution in [0.1, 0.15) is 18.5 Å². The standard InChI is InChI=1S/C15H15ClN2O5S2/c1-10(11-3-6-13(7-4-11)24(2)21)17-25(22,23)15-8-5-12(16)9-14(15)18(19)20/h3-10,17H,1-2H3/t10-,24-/m1/s1. The second-order valence-electron chi connectivity index (χ2n) is 5.24. The SMILES string of the molecule is C[C@@H](NS(=O)(=O)c1ccc(Cl)cc1[N+](=O)[O-])c1ccc([S@@](C)=O)cc1. The number of sulfonamides is 1. The molecule has 0 radical (unpaired) electrons. The van der Waals surface area contributed by atoms with Gasteiger partial charge in [0, 0.05) is 39.1 Å². The number of nitrogens with zero attached hydrogens (tertiary/aromatic N) is 1.